The molecule has 0 aromatic carbocycles. The minimum Gasteiger partial charge on any atom is -0.480 e. The number of carbonyl (C=O) groups is 5. The van der Waals surface area contributed by atoms with E-state index in [2.05, 4.69) is 9.97 Å². The molecule has 2 spiro atoms. The van der Waals surface area contributed by atoms with Crippen LogP contribution >= 0.6 is 0 Å². The first-order chi connectivity index (χ1) is 20.9. The van der Waals surface area contributed by atoms with E-state index in [0.29, 0.717) is 6.42 Å². The third kappa shape index (κ3) is 3.49. The predicted molar refractivity (Wildman–Crippen MR) is 140 cm³/mol. The number of carbonyl (C=O) groups excluding carboxylic acids is 3. The predicted octanol–water partition coefficient (Wildman–Crippen LogP) is -2.48. The molecule has 246 valence electrons. The summed E-state index contributed by atoms with van der Waals surface area (Å²) in [5.41, 5.74) is -2.55. The number of hydrogen-bond acceptors (Lipinski definition) is 13. The van der Waals surface area contributed by atoms with Gasteiger partial charge in [0.15, 0.2) is 17.8 Å². The van der Waals surface area contributed by atoms with Gasteiger partial charge in [0.2, 0.25) is 18.2 Å². The van der Waals surface area contributed by atoms with Gasteiger partial charge in [-0.1, -0.05) is 20.8 Å². The number of carboxylic acids is 2. The topological polar surface area (TPSA) is 268 Å². The summed E-state index contributed by atoms with van der Waals surface area (Å²) in [5.74, 6) is -6.83. The number of fused-ring (bicyclic) bond motifs is 1. The van der Waals surface area contributed by atoms with Crippen molar-refractivity contribution in [3.63, 3.8) is 0 Å². The smallest absolute Gasteiger partial charge is 0.343 e. The first kappa shape index (κ1) is 31.3. The summed E-state index contributed by atoms with van der Waals surface area (Å²) in [6.45, 7) is 6.19. The lowest BCUT2D eigenvalue weighted by Crippen LogP contribution is -2.67. The fourth-order valence-corrected chi connectivity index (χ4v) is 9.21. The summed E-state index contributed by atoms with van der Waals surface area (Å²) in [6, 6.07) is -0.831. The fourth-order valence-electron chi connectivity index (χ4n) is 9.21. The van der Waals surface area contributed by atoms with Crippen LogP contribution in [0.3, 0.4) is 0 Å². The molecule has 4 saturated heterocycles. The molecule has 0 bridgehead atoms. The number of H-pyrrole nitrogens is 2. The second kappa shape index (κ2) is 9.68. The van der Waals surface area contributed by atoms with Crippen molar-refractivity contribution in [2.75, 3.05) is 6.61 Å². The highest BCUT2D eigenvalue weighted by molar-refractivity contribution is 5.94. The number of aromatic nitrogens is 2. The quantitative estimate of drug-likeness (QED) is 0.139. The lowest BCUT2D eigenvalue weighted by atomic mass is 9.51. The van der Waals surface area contributed by atoms with Crippen LogP contribution in [0.5, 0.6) is 0 Å². The molecule has 12 atom stereocenters. The van der Waals surface area contributed by atoms with Crippen molar-refractivity contribution in [3.8, 4) is 0 Å². The summed E-state index contributed by atoms with van der Waals surface area (Å²) in [7, 11) is 0. The van der Waals surface area contributed by atoms with Gasteiger partial charge in [0, 0.05) is 6.42 Å². The fraction of sp³-hybridized carbons (Fsp3) is 0.714. The van der Waals surface area contributed by atoms with Gasteiger partial charge in [-0.15, -0.1) is 0 Å². The summed E-state index contributed by atoms with van der Waals surface area (Å²) in [5, 5.41) is 41.5. The van der Waals surface area contributed by atoms with Gasteiger partial charge in [-0.25, -0.2) is 19.4 Å². The first-order valence-electron chi connectivity index (χ1n) is 14.5. The van der Waals surface area contributed by atoms with Gasteiger partial charge in [0.1, 0.15) is 36.7 Å². The molecule has 6 fully saturated rings. The maximum Gasteiger partial charge on any atom is 0.343 e. The maximum absolute atomic E-state index is 13.6. The molecule has 2 aliphatic carbocycles. The Hall–Kier alpha value is -3.64. The molecule has 1 aromatic rings. The largest absolute Gasteiger partial charge is 0.480 e. The third-order valence-electron chi connectivity index (χ3n) is 10.7. The molecule has 1 aromatic heterocycles. The lowest BCUT2D eigenvalue weighted by molar-refractivity contribution is -0.376. The average molecular weight is 639 g/mol. The van der Waals surface area contributed by atoms with E-state index < -0.39 is 112 Å². The number of aliphatic hydroxyl groups excluding tert-OH is 1. The number of nitrogens with two attached hydrogens (primary N) is 1. The van der Waals surface area contributed by atoms with Crippen molar-refractivity contribution in [1.29, 1.82) is 0 Å². The Balaban J connectivity index is 0.000000276. The van der Waals surface area contributed by atoms with E-state index in [0.717, 1.165) is 5.69 Å². The van der Waals surface area contributed by atoms with Crippen LogP contribution in [0.15, 0.2) is 12.5 Å². The van der Waals surface area contributed by atoms with E-state index in [-0.39, 0.29) is 6.42 Å². The van der Waals surface area contributed by atoms with Crippen molar-refractivity contribution < 1.29 is 73.1 Å². The van der Waals surface area contributed by atoms with E-state index >= 15 is 0 Å². The number of hydrogen-bond donors (Lipinski definition) is 6. The molecule has 3 unspecified atom stereocenters. The number of aromatic amines is 2. The van der Waals surface area contributed by atoms with Crippen molar-refractivity contribution in [1.82, 2.24) is 4.98 Å². The van der Waals surface area contributed by atoms with Crippen LogP contribution in [0.4, 0.5) is 0 Å². The molecule has 0 radical (unpaired) electrons. The molecule has 0 amide bonds. The zero-order valence-electron chi connectivity index (χ0n) is 24.8. The standard InChI is InChI=1S/C22H26O12.C6H9N3O2/c1-7-14(26)32-12-11(25)20-9-5-8(18(2,3)4)19(20)13(30-6-10(23)24)15(27)33-17(19)34-22(20,16(28)31-9)21(7,12)29;7-5(6(10)11)1-4-2-8-3-9-4/h7-9,11-13,17,25,29H,5-6H2,1-4H3,(H,23,24);2-3,5H,1,7H2,(H,8,9)(H,10,11)/p+1/t7?,8-,9?,11-,12-,13-,17-,19?,20-,21+,22+;5-/m00/s1. The van der Waals surface area contributed by atoms with Gasteiger partial charge in [-0.05, 0) is 24.7 Å². The van der Waals surface area contributed by atoms with Crippen molar-refractivity contribution in [2.24, 2.45) is 33.8 Å². The number of imidazole rings is 1. The highest BCUT2D eigenvalue weighted by Crippen LogP contribution is 2.84. The molecule has 4 aliphatic heterocycles. The van der Waals surface area contributed by atoms with Crippen molar-refractivity contribution >= 4 is 29.8 Å². The second-order valence-corrected chi connectivity index (χ2v) is 13.6. The van der Waals surface area contributed by atoms with E-state index in [1.54, 1.807) is 12.5 Å². The highest BCUT2D eigenvalue weighted by atomic mass is 16.8. The minimum atomic E-state index is -2.32. The Bertz CT molecular complexity index is 1460. The molecule has 8 N–H and O–H groups in total. The average Bonchev–Trinajstić information content (AvgIpc) is 3.76. The van der Waals surface area contributed by atoms with Gasteiger partial charge in [-0.2, -0.15) is 0 Å². The normalized spacial score (nSPS) is 44.2. The molecular weight excluding hydrogens is 602 g/mol. The van der Waals surface area contributed by atoms with Gasteiger partial charge in [0.05, 0.1) is 16.7 Å². The Morgan fingerprint density at radius 1 is 1.18 bits per heavy atom. The number of ether oxygens (including phenoxy) is 5. The van der Waals surface area contributed by atoms with Gasteiger partial charge < -0.3 is 49.8 Å². The summed E-state index contributed by atoms with van der Waals surface area (Å²) in [6.07, 6.45) is -3.46. The van der Waals surface area contributed by atoms with Gasteiger partial charge in [-0.3, -0.25) is 14.6 Å². The SMILES string of the molecule is CC1C(=O)O[C@H]2[C@H](O)[C@@]34C5C[C@@H](C(C)(C)C)C36[C@@H](OC(=O)[C@@H]6OCC(=O)O)O[C@@]4(C(=O)O5)[C@@]12O.N[C@@H](Cc1c[nH+]c[nH]1)C(=O)O. The number of aliphatic carboxylic acids is 2. The van der Waals surface area contributed by atoms with Crippen LogP contribution in [0, 0.1) is 28.1 Å². The molecule has 17 nitrogen and oxygen atoms in total. The minimum absolute atomic E-state index is 0.169. The second-order valence-electron chi connectivity index (χ2n) is 13.6. The Labute approximate surface area is 255 Å². The molecule has 6 aliphatic rings. The zero-order valence-corrected chi connectivity index (χ0v) is 24.8. The van der Waals surface area contributed by atoms with Crippen LogP contribution in [0.2, 0.25) is 0 Å². The number of nitrogens with one attached hydrogen (secondary N) is 2. The summed E-state index contributed by atoms with van der Waals surface area (Å²) < 4.78 is 28.5. The summed E-state index contributed by atoms with van der Waals surface area (Å²) >= 11 is 0. The monoisotopic (exact) mass is 638 g/mol. The maximum atomic E-state index is 13.6. The van der Waals surface area contributed by atoms with Crippen molar-refractivity contribution in [3.05, 3.63) is 18.2 Å². The number of esters is 3. The van der Waals surface area contributed by atoms with Crippen molar-refractivity contribution in [2.45, 2.75) is 88.5 Å². The van der Waals surface area contributed by atoms with E-state index in [9.17, 15) is 39.3 Å². The third-order valence-corrected chi connectivity index (χ3v) is 10.7. The van der Waals surface area contributed by atoms with Crippen LogP contribution in [0.1, 0.15) is 39.8 Å². The molecule has 5 heterocycles. The van der Waals surface area contributed by atoms with E-state index in [1.807, 2.05) is 20.8 Å². The molecule has 17 heteroatoms. The Morgan fingerprint density at radius 2 is 1.87 bits per heavy atom. The highest BCUT2D eigenvalue weighted by Gasteiger charge is 3.04. The van der Waals surface area contributed by atoms with Crippen LogP contribution < -0.4 is 10.7 Å². The lowest BCUT2D eigenvalue weighted by Gasteiger charge is -2.48. The Morgan fingerprint density at radius 3 is 2.44 bits per heavy atom. The molecular formula is C28H36N3O14+. The van der Waals surface area contributed by atoms with E-state index in [1.165, 1.54) is 6.92 Å². The van der Waals surface area contributed by atoms with Crippen LogP contribution in [-0.2, 0) is 54.1 Å². The van der Waals surface area contributed by atoms with Crippen LogP contribution in [-0.4, -0.2) is 110 Å². The first-order valence-corrected chi connectivity index (χ1v) is 14.5. The number of carboxylic acid groups (broad SMARTS) is 2. The van der Waals surface area contributed by atoms with Crippen LogP contribution in [0.25, 0.3) is 0 Å². The molecule has 45 heavy (non-hydrogen) atoms. The van der Waals surface area contributed by atoms with Gasteiger partial charge in [0.25, 0.3) is 0 Å². The zero-order chi connectivity index (χ0) is 33.1. The van der Waals surface area contributed by atoms with E-state index in [4.69, 9.17) is 34.5 Å². The number of rotatable bonds is 6. The molecule has 7 rings (SSSR count). The van der Waals surface area contributed by atoms with Gasteiger partial charge >= 0.3 is 29.8 Å². The molecule has 2 saturated carbocycles. The summed E-state index contributed by atoms with van der Waals surface area (Å²) in [4.78, 5) is 66.4. The Kier molecular flexibility index (Phi) is 6.74. The number of aliphatic hydroxyl groups is 2.